The summed E-state index contributed by atoms with van der Waals surface area (Å²) >= 11 is 0. The van der Waals surface area contributed by atoms with Crippen molar-refractivity contribution in [2.24, 2.45) is 28.6 Å². The minimum absolute atomic E-state index is 0. The maximum atomic E-state index is 17.0. The fraction of sp³-hybridized carbons (Fsp3) is 0.727. The van der Waals surface area contributed by atoms with E-state index in [0.717, 1.165) is 0 Å². The molecule has 3 saturated carbocycles. The molecule has 0 spiro atoms. The van der Waals surface area contributed by atoms with Crippen LogP contribution in [0.15, 0.2) is 23.8 Å². The first-order valence-electron chi connectivity index (χ1n) is 10.9. The molecule has 4 aliphatic rings. The van der Waals surface area contributed by atoms with Gasteiger partial charge in [0.25, 0.3) is 0 Å². The van der Waals surface area contributed by atoms with Crippen LogP contribution in [0.5, 0.6) is 0 Å². The fourth-order valence-corrected chi connectivity index (χ4v) is 7.68. The van der Waals surface area contributed by atoms with Crippen molar-refractivity contribution in [3.05, 3.63) is 23.8 Å². The summed E-state index contributed by atoms with van der Waals surface area (Å²) in [5, 5.41) is 22.8. The van der Waals surface area contributed by atoms with Crippen LogP contribution in [0, 0.1) is 28.6 Å². The molecule has 4 rings (SSSR count). The van der Waals surface area contributed by atoms with Gasteiger partial charge in [0.15, 0.2) is 17.2 Å². The number of alkyl halides is 1. The summed E-state index contributed by atoms with van der Waals surface area (Å²) in [4.78, 5) is 42.8. The molecule has 4 N–H and O–H groups in total. The number of ketones is 2. The second kappa shape index (κ2) is 8.43. The monoisotopic (exact) mass is 496 g/mol. The van der Waals surface area contributed by atoms with Gasteiger partial charge in [-0.1, -0.05) is 25.5 Å². The van der Waals surface area contributed by atoms with Crippen LogP contribution in [-0.2, 0) is 18.7 Å². The molecule has 33 heavy (non-hydrogen) atoms. The number of aliphatic hydroxyl groups excluding tert-OH is 1. The average molecular weight is 496 g/mol. The Bertz CT molecular complexity index is 979. The Hall–Kier alpha value is -0.220. The Morgan fingerprint density at radius 1 is 1.30 bits per heavy atom. The zero-order chi connectivity index (χ0) is 23.9. The van der Waals surface area contributed by atoms with Crippen LogP contribution in [0.2, 0.25) is 0 Å². The summed E-state index contributed by atoms with van der Waals surface area (Å²) < 4.78 is 32.5. The van der Waals surface area contributed by atoms with Crippen LogP contribution in [-0.4, -0.2) is 85.1 Å². The molecule has 0 unspecified atom stereocenters. The SMILES string of the molecule is C[C@H]1C[C@H]2[C@@H]3CCC4=CC(=O)C=C[C@]4(C)[C@@]3(F)[C@@H](O)C[C@]2(C)[C@@]1(O)C(=O)COP(=O)(O)O.[NaH]. The normalized spacial score (nSPS) is 46.5. The van der Waals surface area contributed by atoms with Crippen LogP contribution in [0.3, 0.4) is 0 Å². The Labute approximate surface area is 214 Å². The first-order valence-corrected chi connectivity index (χ1v) is 12.4. The predicted octanol–water partition coefficient (Wildman–Crippen LogP) is 1.36. The number of fused-ring (bicyclic) bond motifs is 5. The Balaban J connectivity index is 0.00000306. The second-order valence-corrected chi connectivity index (χ2v) is 11.6. The fourth-order valence-electron chi connectivity index (χ4n) is 7.39. The number of aliphatic hydroxyl groups is 2. The van der Waals surface area contributed by atoms with Crippen molar-refractivity contribution >= 4 is 48.9 Å². The predicted molar refractivity (Wildman–Crippen MR) is 118 cm³/mol. The molecule has 0 bridgehead atoms. The van der Waals surface area contributed by atoms with Gasteiger partial charge in [-0.25, -0.2) is 8.96 Å². The van der Waals surface area contributed by atoms with Gasteiger partial charge in [-0.15, -0.1) is 0 Å². The van der Waals surface area contributed by atoms with E-state index in [1.165, 1.54) is 18.2 Å². The molecule has 0 radical (unpaired) electrons. The van der Waals surface area contributed by atoms with Crippen molar-refractivity contribution in [3.63, 3.8) is 0 Å². The first kappa shape index (κ1) is 27.4. The van der Waals surface area contributed by atoms with E-state index in [1.807, 2.05) is 0 Å². The van der Waals surface area contributed by atoms with Crippen molar-refractivity contribution in [3.8, 4) is 0 Å². The van der Waals surface area contributed by atoms with E-state index in [0.29, 0.717) is 24.8 Å². The molecule has 0 heterocycles. The molecular formula is C22H31FNaO8P. The molecule has 0 amide bonds. The van der Waals surface area contributed by atoms with E-state index < -0.39 is 66.2 Å². The van der Waals surface area contributed by atoms with Crippen molar-refractivity contribution < 1.29 is 43.1 Å². The van der Waals surface area contributed by atoms with Gasteiger partial charge < -0.3 is 20.0 Å². The van der Waals surface area contributed by atoms with Crippen LogP contribution in [0.25, 0.3) is 0 Å². The van der Waals surface area contributed by atoms with E-state index >= 15 is 4.39 Å². The molecule has 180 valence electrons. The van der Waals surface area contributed by atoms with Gasteiger partial charge in [-0.05, 0) is 56.6 Å². The first-order chi connectivity index (χ1) is 14.6. The molecule has 0 aromatic heterocycles. The summed E-state index contributed by atoms with van der Waals surface area (Å²) in [5.41, 5.74) is -5.88. The third-order valence-corrected chi connectivity index (χ3v) is 9.48. The number of hydrogen-bond acceptors (Lipinski definition) is 6. The summed E-state index contributed by atoms with van der Waals surface area (Å²) in [6.45, 7) is 4.00. The number of Topliss-reactive ketones (excluding diaryl/α,β-unsaturated/α-hetero) is 1. The number of carbonyl (C=O) groups is 2. The van der Waals surface area contributed by atoms with Gasteiger partial charge in [0.05, 0.1) is 6.10 Å². The van der Waals surface area contributed by atoms with Gasteiger partial charge in [0.1, 0.15) is 12.2 Å². The third-order valence-electron chi connectivity index (χ3n) is 9.01. The van der Waals surface area contributed by atoms with Gasteiger partial charge in [0.2, 0.25) is 0 Å². The second-order valence-electron chi connectivity index (χ2n) is 10.4. The van der Waals surface area contributed by atoms with E-state index in [9.17, 15) is 24.4 Å². The molecule has 0 saturated heterocycles. The molecule has 0 aromatic rings. The molecule has 11 heteroatoms. The quantitative estimate of drug-likeness (QED) is 0.338. The van der Waals surface area contributed by atoms with E-state index in [2.05, 4.69) is 4.52 Å². The topological polar surface area (TPSA) is 141 Å². The van der Waals surface area contributed by atoms with Crippen molar-refractivity contribution in [1.29, 1.82) is 0 Å². The number of carbonyl (C=O) groups excluding carboxylic acids is 2. The molecule has 8 nitrogen and oxygen atoms in total. The van der Waals surface area contributed by atoms with Crippen LogP contribution < -0.4 is 0 Å². The Morgan fingerprint density at radius 3 is 2.55 bits per heavy atom. The molecule has 0 aliphatic heterocycles. The molecule has 8 atom stereocenters. The maximum absolute atomic E-state index is 17.0. The van der Waals surface area contributed by atoms with E-state index in [4.69, 9.17) is 9.79 Å². The Kier molecular flexibility index (Phi) is 6.99. The zero-order valence-corrected chi connectivity index (χ0v) is 19.2. The molecule has 0 aromatic carbocycles. The van der Waals surface area contributed by atoms with Crippen LogP contribution in [0.4, 0.5) is 4.39 Å². The van der Waals surface area contributed by atoms with Gasteiger partial charge >= 0.3 is 37.4 Å². The average Bonchev–Trinajstić information content (AvgIpc) is 2.89. The number of halogens is 1. The molecule has 3 fully saturated rings. The number of hydrogen-bond donors (Lipinski definition) is 4. The number of allylic oxidation sites excluding steroid dienone is 4. The standard InChI is InChI=1S/C22H30FO8P.Na.H/c1-12-8-16-15-5-4-13-9-14(24)6-7-19(13,2)21(15,23)17(25)10-20(16,3)22(12,27)18(26)11-31-32(28,29)30;;/h6-7,9,12,15-17,25,27H,4-5,8,10-11H2,1-3H3,(H2,28,29,30);;/t12-,15-,16-,17-,19-,20-,21-,22-;;/m0../s1. The summed E-state index contributed by atoms with van der Waals surface area (Å²) in [5.74, 6) is -2.87. The minimum atomic E-state index is -4.93. The number of rotatable bonds is 4. The third kappa shape index (κ3) is 3.66. The van der Waals surface area contributed by atoms with E-state index in [-0.39, 0.29) is 41.8 Å². The summed E-state index contributed by atoms with van der Waals surface area (Å²) in [6, 6.07) is 0. The molecular weight excluding hydrogens is 465 g/mol. The van der Waals surface area contributed by atoms with Crippen molar-refractivity contribution in [2.45, 2.75) is 63.8 Å². The van der Waals surface area contributed by atoms with Crippen LogP contribution >= 0.6 is 7.82 Å². The van der Waals surface area contributed by atoms with Crippen molar-refractivity contribution in [2.75, 3.05) is 6.61 Å². The Morgan fingerprint density at radius 2 is 1.94 bits per heavy atom. The molecule has 4 aliphatic carbocycles. The van der Waals surface area contributed by atoms with Crippen LogP contribution in [0.1, 0.15) is 46.5 Å². The summed E-state index contributed by atoms with van der Waals surface area (Å²) in [7, 11) is -4.93. The number of phosphoric acid groups is 1. The summed E-state index contributed by atoms with van der Waals surface area (Å²) in [6.07, 6.45) is 3.70. The van der Waals surface area contributed by atoms with Crippen molar-refractivity contribution in [1.82, 2.24) is 0 Å². The van der Waals surface area contributed by atoms with E-state index in [1.54, 1.807) is 20.8 Å². The van der Waals surface area contributed by atoms with Gasteiger partial charge in [-0.2, -0.15) is 0 Å². The van der Waals surface area contributed by atoms with Gasteiger partial charge in [0, 0.05) is 16.7 Å². The number of phosphoric ester groups is 1. The van der Waals surface area contributed by atoms with Gasteiger partial charge in [-0.3, -0.25) is 14.1 Å². The zero-order valence-electron chi connectivity index (χ0n) is 18.3.